The minimum absolute atomic E-state index is 0.0278. The molecule has 0 saturated carbocycles. The Morgan fingerprint density at radius 2 is 1.61 bits per heavy atom. The third-order valence-corrected chi connectivity index (χ3v) is 8.09. The number of rotatable bonds is 8. The summed E-state index contributed by atoms with van der Waals surface area (Å²) in [5.74, 6) is -5.12. The molecule has 1 saturated heterocycles. The highest BCUT2D eigenvalue weighted by molar-refractivity contribution is 5.97. The molecular weight excluding hydrogens is 602 g/mol. The Balaban J connectivity index is 2.05. The molecule has 2 aliphatic heterocycles. The average molecular weight is 648 g/mol. The van der Waals surface area contributed by atoms with Crippen LogP contribution in [0.15, 0.2) is 18.2 Å². The van der Waals surface area contributed by atoms with Gasteiger partial charge in [-0.05, 0) is 56.8 Å². The molecule has 1 fully saturated rings. The predicted molar refractivity (Wildman–Crippen MR) is 164 cm³/mol. The van der Waals surface area contributed by atoms with Gasteiger partial charge in [-0.1, -0.05) is 12.1 Å². The van der Waals surface area contributed by atoms with Gasteiger partial charge in [-0.25, -0.2) is 0 Å². The number of likely N-dealkylation sites (N-methyl/N-ethyl adjacent to an activating group) is 1. The Kier molecular flexibility index (Phi) is 13.3. The minimum Gasteiger partial charge on any atom is -0.508 e. The van der Waals surface area contributed by atoms with Gasteiger partial charge in [0, 0.05) is 32.6 Å². The summed E-state index contributed by atoms with van der Waals surface area (Å²) in [6, 6.07) is -1.36. The third-order valence-electron chi connectivity index (χ3n) is 8.09. The number of carbonyl (C=O) groups excluding carboxylic acids is 5. The second-order valence-electron chi connectivity index (χ2n) is 11.8. The van der Waals surface area contributed by atoms with Gasteiger partial charge in [0.2, 0.25) is 29.5 Å². The van der Waals surface area contributed by atoms with Crippen LogP contribution in [0.2, 0.25) is 0 Å². The minimum atomic E-state index is -1.66. The monoisotopic (exact) mass is 647 g/mol. The van der Waals surface area contributed by atoms with Crippen LogP contribution in [0.1, 0.15) is 49.7 Å². The Bertz CT molecular complexity index is 1290. The lowest BCUT2D eigenvalue weighted by Crippen LogP contribution is -2.59. The number of hydrogen-bond donors (Lipinski definition) is 8. The first-order chi connectivity index (χ1) is 21.8. The van der Waals surface area contributed by atoms with Crippen molar-refractivity contribution in [1.29, 1.82) is 0 Å². The number of carboxylic acid groups (broad SMARTS) is 1. The molecule has 254 valence electrons. The first-order valence-electron chi connectivity index (χ1n) is 15.3. The number of aliphatic carboxylic acids is 1. The number of aliphatic hydroxyl groups is 1. The van der Waals surface area contributed by atoms with Crippen molar-refractivity contribution >= 4 is 35.5 Å². The molecule has 2 heterocycles. The second-order valence-corrected chi connectivity index (χ2v) is 11.8. The maximum Gasteiger partial charge on any atom is 0.305 e. The lowest BCUT2D eigenvalue weighted by molar-refractivity contribution is -0.142. The molecule has 2 aliphatic rings. The summed E-state index contributed by atoms with van der Waals surface area (Å²) in [5.41, 5.74) is 6.71. The number of nitrogens with two attached hydrogens (primary N) is 1. The van der Waals surface area contributed by atoms with Crippen molar-refractivity contribution in [2.45, 2.75) is 81.7 Å². The molecular formula is C30H45N7O9. The number of phenolic OH excluding ortho intramolecular Hbond substituents is 1. The van der Waals surface area contributed by atoms with E-state index in [4.69, 9.17) is 5.73 Å². The summed E-state index contributed by atoms with van der Waals surface area (Å²) < 4.78 is 0. The van der Waals surface area contributed by atoms with Gasteiger partial charge < -0.3 is 47.2 Å². The number of aliphatic hydroxyl groups excluding tert-OH is 1. The molecule has 0 aromatic heterocycles. The number of amides is 5. The quantitative estimate of drug-likeness (QED) is 0.138. The first kappa shape index (κ1) is 36.2. The van der Waals surface area contributed by atoms with Crippen molar-refractivity contribution in [1.82, 2.24) is 31.1 Å². The van der Waals surface area contributed by atoms with Crippen LogP contribution in [0.3, 0.4) is 0 Å². The number of nitrogens with zero attached hydrogens (tertiary/aromatic N) is 2. The largest absolute Gasteiger partial charge is 0.508 e. The Morgan fingerprint density at radius 1 is 0.957 bits per heavy atom. The smallest absolute Gasteiger partial charge is 0.305 e. The highest BCUT2D eigenvalue weighted by Gasteiger charge is 2.36. The van der Waals surface area contributed by atoms with E-state index in [2.05, 4.69) is 21.3 Å². The van der Waals surface area contributed by atoms with E-state index in [9.17, 15) is 44.1 Å². The van der Waals surface area contributed by atoms with Crippen LogP contribution < -0.4 is 27.0 Å². The Morgan fingerprint density at radius 3 is 2.26 bits per heavy atom. The molecule has 2 unspecified atom stereocenters. The molecule has 5 amide bonds. The standard InChI is InChI=1S/C30H45N7O9/c1-36(2)30(46)21-13-17-8-9-24(39)18(12-17)15-37-11-5-7-23(37)29(45)35-22(16-38)28(44)33-20(14-25(40)41)27(43)32-19(26(42)34-21)6-3-4-10-31/h8-9,12,19-23,38-39H,3-7,10-11,13-16,31H2,1-2H3,(H,32,43)(H,33,44)(H,34,42)(H,35,45)(H,40,41)/t19?,20-,21?,22-,23-/m0/s1. The van der Waals surface area contributed by atoms with E-state index in [0.29, 0.717) is 49.9 Å². The number of unbranched alkanes of at least 4 members (excludes halogenated alkanes) is 1. The number of phenols is 1. The van der Waals surface area contributed by atoms with Crippen molar-refractivity contribution in [3.05, 3.63) is 29.3 Å². The van der Waals surface area contributed by atoms with E-state index in [-0.39, 0.29) is 25.1 Å². The Labute approximate surface area is 267 Å². The highest BCUT2D eigenvalue weighted by atomic mass is 16.4. The van der Waals surface area contributed by atoms with Gasteiger partial charge in [-0.2, -0.15) is 0 Å². The van der Waals surface area contributed by atoms with Gasteiger partial charge in [0.25, 0.3) is 0 Å². The van der Waals surface area contributed by atoms with Gasteiger partial charge >= 0.3 is 5.97 Å². The SMILES string of the molecule is CN(C)C(=O)C1Cc2ccc(O)c(c2)CN2CCC[C@H]2C(=O)N[C@@H](CO)C(=O)N[C@@H](CC(=O)O)C(=O)NC(CCCCN)C(=O)N1. The average Bonchev–Trinajstić information content (AvgIpc) is 3.47. The summed E-state index contributed by atoms with van der Waals surface area (Å²) in [6.45, 7) is 0.147. The number of benzene rings is 1. The molecule has 1 aromatic rings. The number of fused-ring (bicyclic) bond motifs is 3. The van der Waals surface area contributed by atoms with E-state index in [1.807, 2.05) is 4.90 Å². The topological polar surface area (TPSA) is 244 Å². The maximum atomic E-state index is 13.6. The van der Waals surface area contributed by atoms with E-state index in [0.717, 1.165) is 0 Å². The zero-order chi connectivity index (χ0) is 34.0. The van der Waals surface area contributed by atoms with Crippen molar-refractivity contribution in [2.75, 3.05) is 33.8 Å². The lowest BCUT2D eigenvalue weighted by Gasteiger charge is -2.27. The normalized spacial score (nSPS) is 25.1. The number of carbonyl (C=O) groups is 6. The van der Waals surface area contributed by atoms with E-state index < -0.39 is 78.7 Å². The van der Waals surface area contributed by atoms with Crippen LogP contribution >= 0.6 is 0 Å². The highest BCUT2D eigenvalue weighted by Crippen LogP contribution is 2.26. The molecule has 0 spiro atoms. The number of aromatic hydroxyl groups is 1. The zero-order valence-electron chi connectivity index (χ0n) is 26.2. The third kappa shape index (κ3) is 9.86. The van der Waals surface area contributed by atoms with Crippen molar-refractivity contribution in [2.24, 2.45) is 5.73 Å². The number of hydrogen-bond acceptors (Lipinski definition) is 10. The maximum absolute atomic E-state index is 13.6. The predicted octanol–water partition coefficient (Wildman–Crippen LogP) is -2.46. The molecule has 16 nitrogen and oxygen atoms in total. The van der Waals surface area contributed by atoms with Gasteiger partial charge in [0.1, 0.15) is 29.9 Å². The van der Waals surface area contributed by atoms with Crippen LogP contribution in [-0.2, 0) is 41.7 Å². The molecule has 3 rings (SSSR count). The fraction of sp³-hybridized carbons (Fsp3) is 0.600. The van der Waals surface area contributed by atoms with E-state index >= 15 is 0 Å². The van der Waals surface area contributed by atoms with Crippen LogP contribution in [0.5, 0.6) is 5.75 Å². The molecule has 0 aliphatic carbocycles. The molecule has 16 heteroatoms. The first-order valence-corrected chi connectivity index (χ1v) is 15.3. The van der Waals surface area contributed by atoms with Crippen LogP contribution in [0, 0.1) is 0 Å². The number of nitrogens with one attached hydrogen (secondary N) is 4. The van der Waals surface area contributed by atoms with Gasteiger partial charge in [0.05, 0.1) is 19.1 Å². The van der Waals surface area contributed by atoms with Crippen molar-refractivity contribution in [3.63, 3.8) is 0 Å². The van der Waals surface area contributed by atoms with Gasteiger partial charge in [0.15, 0.2) is 0 Å². The summed E-state index contributed by atoms with van der Waals surface area (Å²) >= 11 is 0. The summed E-state index contributed by atoms with van der Waals surface area (Å²) in [7, 11) is 3.06. The second kappa shape index (κ2) is 16.9. The number of carboxylic acids is 1. The molecule has 1 aromatic carbocycles. The van der Waals surface area contributed by atoms with Crippen LogP contribution in [-0.4, -0.2) is 125 Å². The summed E-state index contributed by atoms with van der Waals surface area (Å²) in [6.07, 6.45) is 1.30. The van der Waals surface area contributed by atoms with Crippen LogP contribution in [0.25, 0.3) is 0 Å². The van der Waals surface area contributed by atoms with Crippen molar-refractivity contribution in [3.8, 4) is 5.75 Å². The molecule has 0 radical (unpaired) electrons. The van der Waals surface area contributed by atoms with Gasteiger partial charge in [-0.15, -0.1) is 0 Å². The lowest BCUT2D eigenvalue weighted by atomic mass is 10.0. The van der Waals surface area contributed by atoms with E-state index in [1.165, 1.54) is 25.1 Å². The van der Waals surface area contributed by atoms with Gasteiger partial charge in [-0.3, -0.25) is 33.7 Å². The van der Waals surface area contributed by atoms with E-state index in [1.54, 1.807) is 12.1 Å². The fourth-order valence-electron chi connectivity index (χ4n) is 5.60. The van der Waals surface area contributed by atoms with Crippen molar-refractivity contribution < 1.29 is 44.1 Å². The molecule has 46 heavy (non-hydrogen) atoms. The summed E-state index contributed by atoms with van der Waals surface area (Å²) in [4.78, 5) is 81.4. The summed E-state index contributed by atoms with van der Waals surface area (Å²) in [5, 5.41) is 40.1. The fourth-order valence-corrected chi connectivity index (χ4v) is 5.60. The molecule has 2 bridgehead atoms. The Hall–Kier alpha value is -4.28. The molecule has 9 N–H and O–H groups in total. The zero-order valence-corrected chi connectivity index (χ0v) is 26.2. The van der Waals surface area contributed by atoms with Crippen LogP contribution in [0.4, 0.5) is 0 Å². The molecule has 5 atom stereocenters.